The van der Waals surface area contributed by atoms with Gasteiger partial charge in [-0.05, 0) is 95.8 Å². The maximum atomic E-state index is 15.1. The molecule has 0 aromatic heterocycles. The first-order valence-electron chi connectivity index (χ1n) is 15.3. The number of hydrogen-bond acceptors (Lipinski definition) is 0. The van der Waals surface area contributed by atoms with Crippen LogP contribution in [-0.4, -0.2) is 0 Å². The number of hydrogen-bond donors (Lipinski definition) is 0. The highest BCUT2D eigenvalue weighted by Gasteiger charge is 2.16. The number of aryl methyl sites for hydroxylation is 1. The fourth-order valence-corrected chi connectivity index (χ4v) is 5.44. The Morgan fingerprint density at radius 3 is 1.65 bits per heavy atom. The van der Waals surface area contributed by atoms with E-state index in [4.69, 9.17) is 0 Å². The SMILES string of the molecule is C=CCCCC/C(F)=C(\F)c1ccc(-c2ccc(-c3cc(F)c(CCc4ccc(-c5cc(F)c(F)c(F)c5)c(F)c4)c(F)c3)cc2)cc1. The van der Waals surface area contributed by atoms with Gasteiger partial charge in [-0.2, -0.15) is 0 Å². The Morgan fingerprint density at radius 2 is 1.08 bits per heavy atom. The molecule has 0 spiro atoms. The van der Waals surface area contributed by atoms with E-state index >= 15 is 8.78 Å². The van der Waals surface area contributed by atoms with Crippen molar-refractivity contribution in [1.29, 1.82) is 0 Å². The van der Waals surface area contributed by atoms with Crippen LogP contribution < -0.4 is 0 Å². The van der Waals surface area contributed by atoms with Gasteiger partial charge in [0.15, 0.2) is 23.3 Å². The predicted molar refractivity (Wildman–Crippen MR) is 174 cm³/mol. The monoisotopic (exact) mass is 662 g/mol. The summed E-state index contributed by atoms with van der Waals surface area (Å²) in [7, 11) is 0. The molecule has 0 radical (unpaired) electrons. The Labute approximate surface area is 273 Å². The van der Waals surface area contributed by atoms with Gasteiger partial charge in [-0.3, -0.25) is 0 Å². The third kappa shape index (κ3) is 7.93. The average Bonchev–Trinajstić information content (AvgIpc) is 3.08. The van der Waals surface area contributed by atoms with Crippen LogP contribution in [0, 0.1) is 34.9 Å². The molecule has 8 heteroatoms. The fourth-order valence-electron chi connectivity index (χ4n) is 5.44. The lowest BCUT2D eigenvalue weighted by molar-refractivity contribution is 0.447. The molecule has 0 saturated heterocycles. The number of benzene rings is 5. The highest BCUT2D eigenvalue weighted by atomic mass is 19.2. The van der Waals surface area contributed by atoms with Gasteiger partial charge in [0.05, 0.1) is 0 Å². The van der Waals surface area contributed by atoms with Crippen molar-refractivity contribution >= 4 is 5.83 Å². The first kappa shape index (κ1) is 34.4. The standard InChI is InChI=1S/C40H30F8/c1-2-3-4-5-6-33(41)39(47)28-15-13-26(14-16-28)25-9-11-27(12-10-25)29-20-35(43)32(36(44)21-29)18-8-24-7-17-31(34(42)19-24)30-22-37(45)40(48)38(46)23-30/h2,7,9-17,19-23H,1,3-6,8,18H2/b39-33+. The maximum absolute atomic E-state index is 15.1. The van der Waals surface area contributed by atoms with Crippen LogP contribution in [0.3, 0.4) is 0 Å². The van der Waals surface area contributed by atoms with Crippen LogP contribution in [0.4, 0.5) is 35.1 Å². The number of unbranched alkanes of at least 4 members (excludes halogenated alkanes) is 2. The zero-order valence-corrected chi connectivity index (χ0v) is 25.7. The molecule has 0 N–H and O–H groups in total. The molecule has 0 fully saturated rings. The van der Waals surface area contributed by atoms with E-state index in [9.17, 15) is 26.3 Å². The quantitative estimate of drug-likeness (QED) is 0.0540. The summed E-state index contributed by atoms with van der Waals surface area (Å²) in [6, 6.07) is 20.9. The molecule has 5 aromatic carbocycles. The van der Waals surface area contributed by atoms with Crippen LogP contribution in [0.5, 0.6) is 0 Å². The molecule has 48 heavy (non-hydrogen) atoms. The largest absolute Gasteiger partial charge is 0.209 e. The van der Waals surface area contributed by atoms with Crippen molar-refractivity contribution in [2.45, 2.75) is 38.5 Å². The average molecular weight is 663 g/mol. The van der Waals surface area contributed by atoms with Gasteiger partial charge in [-0.1, -0.05) is 66.7 Å². The first-order chi connectivity index (χ1) is 23.0. The molecular weight excluding hydrogens is 632 g/mol. The molecule has 0 aliphatic rings. The van der Waals surface area contributed by atoms with Crippen molar-refractivity contribution in [2.75, 3.05) is 0 Å². The lowest BCUT2D eigenvalue weighted by Crippen LogP contribution is -2.01. The van der Waals surface area contributed by atoms with E-state index < -0.39 is 46.6 Å². The molecule has 5 aromatic rings. The van der Waals surface area contributed by atoms with Crippen molar-refractivity contribution in [2.24, 2.45) is 0 Å². The predicted octanol–water partition coefficient (Wildman–Crippen LogP) is 12.7. The van der Waals surface area contributed by atoms with Crippen molar-refractivity contribution in [3.8, 4) is 33.4 Å². The lowest BCUT2D eigenvalue weighted by atomic mass is 9.96. The Hall–Kier alpha value is -4.98. The summed E-state index contributed by atoms with van der Waals surface area (Å²) < 4.78 is 114. The van der Waals surface area contributed by atoms with Crippen LogP contribution in [0.2, 0.25) is 0 Å². The zero-order valence-electron chi connectivity index (χ0n) is 25.7. The minimum atomic E-state index is -1.66. The maximum Gasteiger partial charge on any atom is 0.194 e. The van der Waals surface area contributed by atoms with Gasteiger partial charge in [-0.25, -0.2) is 35.1 Å². The second-order valence-electron chi connectivity index (χ2n) is 11.4. The molecule has 0 bridgehead atoms. The normalized spacial score (nSPS) is 11.8. The minimum absolute atomic E-state index is 0.0209. The third-order valence-corrected chi connectivity index (χ3v) is 8.12. The molecule has 0 aliphatic carbocycles. The van der Waals surface area contributed by atoms with Crippen LogP contribution in [-0.2, 0) is 12.8 Å². The van der Waals surface area contributed by atoms with Gasteiger partial charge < -0.3 is 0 Å². The highest BCUT2D eigenvalue weighted by molar-refractivity contribution is 5.72. The fraction of sp³-hybridized carbons (Fsp3) is 0.150. The highest BCUT2D eigenvalue weighted by Crippen LogP contribution is 2.31. The molecule has 246 valence electrons. The van der Waals surface area contributed by atoms with Crippen molar-refractivity contribution in [3.05, 3.63) is 161 Å². The Balaban J connectivity index is 1.25. The Morgan fingerprint density at radius 1 is 0.542 bits per heavy atom. The van der Waals surface area contributed by atoms with E-state index in [1.807, 2.05) is 0 Å². The number of allylic oxidation sites excluding steroid dienone is 2. The smallest absolute Gasteiger partial charge is 0.194 e. The number of halogens is 8. The van der Waals surface area contributed by atoms with Gasteiger partial charge in [-0.15, -0.1) is 6.58 Å². The van der Waals surface area contributed by atoms with Crippen molar-refractivity contribution < 1.29 is 35.1 Å². The molecular formula is C40H30F8. The minimum Gasteiger partial charge on any atom is -0.209 e. The van der Waals surface area contributed by atoms with Crippen LogP contribution in [0.1, 0.15) is 42.4 Å². The molecule has 5 rings (SSSR count). The van der Waals surface area contributed by atoms with Crippen LogP contribution in [0.25, 0.3) is 39.2 Å². The summed E-state index contributed by atoms with van der Waals surface area (Å²) in [5.74, 6) is -8.60. The van der Waals surface area contributed by atoms with Crippen LogP contribution in [0.15, 0.2) is 109 Å². The summed E-state index contributed by atoms with van der Waals surface area (Å²) in [5, 5.41) is 0. The summed E-state index contributed by atoms with van der Waals surface area (Å²) >= 11 is 0. The zero-order chi connectivity index (χ0) is 34.4. The molecule has 0 aliphatic heterocycles. The summed E-state index contributed by atoms with van der Waals surface area (Å²) in [6.07, 6.45) is 3.76. The van der Waals surface area contributed by atoms with E-state index in [1.54, 1.807) is 42.5 Å². The topological polar surface area (TPSA) is 0 Å². The van der Waals surface area contributed by atoms with E-state index in [-0.39, 0.29) is 41.5 Å². The second-order valence-corrected chi connectivity index (χ2v) is 11.4. The number of rotatable bonds is 12. The molecule has 0 unspecified atom stereocenters. The molecule has 0 saturated carbocycles. The Kier molecular flexibility index (Phi) is 10.9. The Bertz CT molecular complexity index is 1910. The van der Waals surface area contributed by atoms with Crippen molar-refractivity contribution in [3.63, 3.8) is 0 Å². The van der Waals surface area contributed by atoms with Crippen molar-refractivity contribution in [1.82, 2.24) is 0 Å². The third-order valence-electron chi connectivity index (χ3n) is 8.12. The molecule has 0 nitrogen and oxygen atoms in total. The van der Waals surface area contributed by atoms with E-state index in [2.05, 4.69) is 6.58 Å². The summed E-state index contributed by atoms with van der Waals surface area (Å²) in [5.41, 5.74) is 2.40. The van der Waals surface area contributed by atoms with Gasteiger partial charge in [0.2, 0.25) is 0 Å². The summed E-state index contributed by atoms with van der Waals surface area (Å²) in [4.78, 5) is 0. The second kappa shape index (κ2) is 15.3. The molecule has 0 heterocycles. The molecule has 0 amide bonds. The van der Waals surface area contributed by atoms with Gasteiger partial charge in [0.1, 0.15) is 23.3 Å². The molecule has 0 atom stereocenters. The summed E-state index contributed by atoms with van der Waals surface area (Å²) in [6.45, 7) is 3.61. The first-order valence-corrected chi connectivity index (χ1v) is 15.3. The van der Waals surface area contributed by atoms with Gasteiger partial charge >= 0.3 is 0 Å². The lowest BCUT2D eigenvalue weighted by Gasteiger charge is -2.11. The van der Waals surface area contributed by atoms with Gasteiger partial charge in [0, 0.05) is 23.1 Å². The van der Waals surface area contributed by atoms with Crippen LogP contribution >= 0.6 is 0 Å². The van der Waals surface area contributed by atoms with E-state index in [0.29, 0.717) is 35.2 Å². The van der Waals surface area contributed by atoms with E-state index in [0.717, 1.165) is 30.0 Å². The van der Waals surface area contributed by atoms with Gasteiger partial charge in [0.25, 0.3) is 0 Å². The van der Waals surface area contributed by atoms with E-state index in [1.165, 1.54) is 36.4 Å².